The summed E-state index contributed by atoms with van der Waals surface area (Å²) in [5.41, 5.74) is 2.02. The molecule has 1 aromatic heterocycles. The van der Waals surface area contributed by atoms with Crippen molar-refractivity contribution in [3.05, 3.63) is 94.4 Å². The van der Waals surface area contributed by atoms with Crippen LogP contribution in [0, 0.1) is 0 Å². The first-order chi connectivity index (χ1) is 13.6. The molecule has 0 saturated heterocycles. The zero-order valence-corrected chi connectivity index (χ0v) is 16.2. The number of rotatable bonds is 7. The molecule has 6 heteroatoms. The van der Waals surface area contributed by atoms with E-state index in [-0.39, 0.29) is 36.5 Å². The Balaban J connectivity index is 1.69. The van der Waals surface area contributed by atoms with Crippen LogP contribution < -0.4 is 10.6 Å². The standard InChI is InChI=1S/C22H21ClN2O3/c1-24-22(27)20-11-10-18(28-20)14-25-21(26)13-19(15-6-3-2-4-7-15)16-8-5-9-17(23)12-16/h2-12,19H,13-14H2,1H3,(H,24,27)(H,25,26). The molecule has 0 radical (unpaired) electrons. The number of halogens is 1. The molecule has 2 aromatic carbocycles. The highest BCUT2D eigenvalue weighted by molar-refractivity contribution is 6.30. The molecule has 0 bridgehead atoms. The van der Waals surface area contributed by atoms with Gasteiger partial charge in [0, 0.05) is 24.4 Å². The van der Waals surface area contributed by atoms with Gasteiger partial charge >= 0.3 is 0 Å². The van der Waals surface area contributed by atoms with E-state index in [0.717, 1.165) is 11.1 Å². The molecular formula is C22H21ClN2O3. The fraction of sp³-hybridized carbons (Fsp3) is 0.182. The topological polar surface area (TPSA) is 71.3 Å². The lowest BCUT2D eigenvalue weighted by Gasteiger charge is -2.18. The van der Waals surface area contributed by atoms with Crippen molar-refractivity contribution in [1.29, 1.82) is 0 Å². The summed E-state index contributed by atoms with van der Waals surface area (Å²) in [6.07, 6.45) is 0.271. The summed E-state index contributed by atoms with van der Waals surface area (Å²) in [6, 6.07) is 20.7. The third-order valence-electron chi connectivity index (χ3n) is 4.41. The van der Waals surface area contributed by atoms with Crippen molar-refractivity contribution in [2.24, 2.45) is 0 Å². The number of carbonyl (C=O) groups is 2. The molecule has 0 aliphatic heterocycles. The van der Waals surface area contributed by atoms with Crippen LogP contribution in [0.5, 0.6) is 0 Å². The summed E-state index contributed by atoms with van der Waals surface area (Å²) in [5.74, 6) is 0.200. The van der Waals surface area contributed by atoms with Gasteiger partial charge in [0.2, 0.25) is 5.91 Å². The first kappa shape index (κ1) is 19.7. The molecule has 2 amide bonds. The van der Waals surface area contributed by atoms with Gasteiger partial charge in [-0.15, -0.1) is 0 Å². The predicted octanol–water partition coefficient (Wildman–Crippen LogP) is 4.13. The Labute approximate surface area is 168 Å². The van der Waals surface area contributed by atoms with E-state index >= 15 is 0 Å². The third-order valence-corrected chi connectivity index (χ3v) is 4.65. The molecule has 144 valence electrons. The summed E-state index contributed by atoms with van der Waals surface area (Å²) in [6.45, 7) is 0.215. The molecule has 0 saturated carbocycles. The summed E-state index contributed by atoms with van der Waals surface area (Å²) < 4.78 is 5.43. The first-order valence-electron chi connectivity index (χ1n) is 8.94. The van der Waals surface area contributed by atoms with Crippen LogP contribution in [0.15, 0.2) is 71.1 Å². The lowest BCUT2D eigenvalue weighted by Crippen LogP contribution is -2.25. The summed E-state index contributed by atoms with van der Waals surface area (Å²) in [4.78, 5) is 24.1. The van der Waals surface area contributed by atoms with Crippen LogP contribution >= 0.6 is 11.6 Å². The lowest BCUT2D eigenvalue weighted by molar-refractivity contribution is -0.121. The minimum Gasteiger partial charge on any atom is -0.454 e. The molecule has 1 unspecified atom stereocenters. The molecule has 2 N–H and O–H groups in total. The summed E-state index contributed by atoms with van der Waals surface area (Å²) in [5, 5.41) is 5.99. The van der Waals surface area contributed by atoms with Crippen molar-refractivity contribution in [2.75, 3.05) is 7.05 Å². The molecule has 3 rings (SSSR count). The number of benzene rings is 2. The van der Waals surface area contributed by atoms with E-state index in [9.17, 15) is 9.59 Å². The minimum atomic E-state index is -0.303. The van der Waals surface area contributed by atoms with Gasteiger partial charge in [-0.3, -0.25) is 9.59 Å². The first-order valence-corrected chi connectivity index (χ1v) is 9.32. The Kier molecular flexibility index (Phi) is 6.50. The maximum absolute atomic E-state index is 12.6. The molecule has 0 spiro atoms. The van der Waals surface area contributed by atoms with Crippen LogP contribution in [0.25, 0.3) is 0 Å². The van der Waals surface area contributed by atoms with Crippen LogP contribution in [0.3, 0.4) is 0 Å². The Morgan fingerprint density at radius 1 is 1.00 bits per heavy atom. The van der Waals surface area contributed by atoms with Gasteiger partial charge in [-0.05, 0) is 35.4 Å². The molecule has 0 aliphatic rings. The molecule has 1 heterocycles. The zero-order valence-electron chi connectivity index (χ0n) is 15.4. The number of hydrogen-bond acceptors (Lipinski definition) is 3. The average Bonchev–Trinajstić information content (AvgIpc) is 3.19. The minimum absolute atomic E-state index is 0.113. The Morgan fingerprint density at radius 2 is 1.75 bits per heavy atom. The quantitative estimate of drug-likeness (QED) is 0.630. The third kappa shape index (κ3) is 5.02. The van der Waals surface area contributed by atoms with Gasteiger partial charge < -0.3 is 15.1 Å². The smallest absolute Gasteiger partial charge is 0.286 e. The number of amides is 2. The van der Waals surface area contributed by atoms with Crippen LogP contribution in [0.2, 0.25) is 5.02 Å². The van der Waals surface area contributed by atoms with Crippen LogP contribution in [0.4, 0.5) is 0 Å². The maximum Gasteiger partial charge on any atom is 0.286 e. The van der Waals surface area contributed by atoms with Crippen LogP contribution in [-0.2, 0) is 11.3 Å². The van der Waals surface area contributed by atoms with E-state index in [2.05, 4.69) is 10.6 Å². The van der Waals surface area contributed by atoms with Gasteiger partial charge in [-0.1, -0.05) is 54.1 Å². The molecule has 28 heavy (non-hydrogen) atoms. The summed E-state index contributed by atoms with van der Waals surface area (Å²) >= 11 is 6.15. The molecule has 0 fully saturated rings. The van der Waals surface area contributed by atoms with E-state index in [1.54, 1.807) is 12.1 Å². The van der Waals surface area contributed by atoms with E-state index in [4.69, 9.17) is 16.0 Å². The maximum atomic E-state index is 12.6. The van der Waals surface area contributed by atoms with E-state index < -0.39 is 0 Å². The second-order valence-electron chi connectivity index (χ2n) is 6.34. The second kappa shape index (κ2) is 9.24. The molecule has 3 aromatic rings. The van der Waals surface area contributed by atoms with Gasteiger partial charge in [-0.25, -0.2) is 0 Å². The van der Waals surface area contributed by atoms with Crippen LogP contribution in [-0.4, -0.2) is 18.9 Å². The highest BCUT2D eigenvalue weighted by atomic mass is 35.5. The highest BCUT2D eigenvalue weighted by Gasteiger charge is 2.19. The summed E-state index contributed by atoms with van der Waals surface area (Å²) in [7, 11) is 1.53. The number of nitrogens with one attached hydrogen (secondary N) is 2. The Hall–Kier alpha value is -3.05. The predicted molar refractivity (Wildman–Crippen MR) is 108 cm³/mol. The van der Waals surface area contributed by atoms with Gasteiger partial charge in [0.15, 0.2) is 5.76 Å². The van der Waals surface area contributed by atoms with E-state index in [1.807, 2.05) is 54.6 Å². The van der Waals surface area contributed by atoms with Crippen molar-refractivity contribution in [1.82, 2.24) is 10.6 Å². The molecule has 1 atom stereocenters. The Bertz CT molecular complexity index is 953. The second-order valence-corrected chi connectivity index (χ2v) is 6.78. The van der Waals surface area contributed by atoms with Gasteiger partial charge in [0.25, 0.3) is 5.91 Å². The van der Waals surface area contributed by atoms with Gasteiger partial charge in [-0.2, -0.15) is 0 Å². The lowest BCUT2D eigenvalue weighted by atomic mass is 9.88. The van der Waals surface area contributed by atoms with Crippen molar-refractivity contribution in [3.8, 4) is 0 Å². The fourth-order valence-corrected chi connectivity index (χ4v) is 3.20. The van der Waals surface area contributed by atoms with Crippen molar-refractivity contribution >= 4 is 23.4 Å². The zero-order chi connectivity index (χ0) is 19.9. The monoisotopic (exact) mass is 396 g/mol. The molecular weight excluding hydrogens is 376 g/mol. The van der Waals surface area contributed by atoms with Crippen molar-refractivity contribution in [2.45, 2.75) is 18.9 Å². The van der Waals surface area contributed by atoms with E-state index in [1.165, 1.54) is 7.05 Å². The fourth-order valence-electron chi connectivity index (χ4n) is 3.00. The number of carbonyl (C=O) groups excluding carboxylic acids is 2. The highest BCUT2D eigenvalue weighted by Crippen LogP contribution is 2.29. The number of hydrogen-bond donors (Lipinski definition) is 2. The average molecular weight is 397 g/mol. The van der Waals surface area contributed by atoms with Gasteiger partial charge in [0.1, 0.15) is 5.76 Å². The molecule has 0 aliphatic carbocycles. The Morgan fingerprint density at radius 3 is 2.46 bits per heavy atom. The SMILES string of the molecule is CNC(=O)c1ccc(CNC(=O)CC(c2ccccc2)c2cccc(Cl)c2)o1. The number of furan rings is 1. The van der Waals surface area contributed by atoms with Crippen molar-refractivity contribution < 1.29 is 14.0 Å². The van der Waals surface area contributed by atoms with Crippen molar-refractivity contribution in [3.63, 3.8) is 0 Å². The normalized spacial score (nSPS) is 11.6. The van der Waals surface area contributed by atoms with Gasteiger partial charge in [0.05, 0.1) is 6.54 Å². The van der Waals surface area contributed by atoms with Crippen LogP contribution in [0.1, 0.15) is 39.8 Å². The van der Waals surface area contributed by atoms with E-state index in [0.29, 0.717) is 10.8 Å². The largest absolute Gasteiger partial charge is 0.454 e. The molecule has 5 nitrogen and oxygen atoms in total.